The van der Waals surface area contributed by atoms with Gasteiger partial charge in [0, 0.05) is 42.9 Å². The van der Waals surface area contributed by atoms with Gasteiger partial charge in [0.15, 0.2) is 5.88 Å². The number of aromatic hydroxyl groups is 1. The minimum atomic E-state index is -2.73. The van der Waals surface area contributed by atoms with Gasteiger partial charge in [-0.05, 0) is 58.0 Å². The van der Waals surface area contributed by atoms with Crippen LogP contribution in [0.15, 0.2) is 35.0 Å². The molecule has 0 fully saturated rings. The second-order valence-electron chi connectivity index (χ2n) is 9.91. The Morgan fingerprint density at radius 2 is 1.97 bits per heavy atom. The number of nitrogens with zero attached hydrogens (tertiary/aromatic N) is 3. The van der Waals surface area contributed by atoms with E-state index in [9.17, 15) is 9.32 Å². The number of aryl methyl sites for hydroxylation is 1. The number of H-pyrrole nitrogens is 3. The van der Waals surface area contributed by atoms with Gasteiger partial charge in [0.2, 0.25) is 0 Å². The Kier molecular flexibility index (Phi) is 12.7. The molecule has 0 saturated heterocycles. The second-order valence-corrected chi connectivity index (χ2v) is 12.2. The molecule has 0 saturated carbocycles. The van der Waals surface area contributed by atoms with Crippen molar-refractivity contribution in [1.82, 2.24) is 24.6 Å². The van der Waals surface area contributed by atoms with Crippen LogP contribution in [0.25, 0.3) is 12.2 Å². The molecule has 218 valence electrons. The first-order chi connectivity index (χ1) is 18.5. The zero-order valence-electron chi connectivity index (χ0n) is 24.7. The van der Waals surface area contributed by atoms with Crippen molar-refractivity contribution in [3.8, 4) is 5.88 Å². The van der Waals surface area contributed by atoms with Crippen molar-refractivity contribution >= 4 is 32.9 Å². The van der Waals surface area contributed by atoms with Crippen molar-refractivity contribution in [2.75, 3.05) is 27.0 Å². The van der Waals surface area contributed by atoms with E-state index in [0.717, 1.165) is 48.2 Å². The maximum Gasteiger partial charge on any atom is 0.191 e. The maximum absolute atomic E-state index is 13.9. The number of aromatic nitrogens is 4. The van der Waals surface area contributed by atoms with Crippen molar-refractivity contribution in [2.24, 2.45) is 11.4 Å². The molecule has 10 heteroatoms. The predicted molar refractivity (Wildman–Crippen MR) is 165 cm³/mol. The lowest BCUT2D eigenvalue weighted by atomic mass is 10.1. The van der Waals surface area contributed by atoms with Gasteiger partial charge in [-0.3, -0.25) is 9.78 Å². The number of rotatable bonds is 14. The van der Waals surface area contributed by atoms with Gasteiger partial charge < -0.3 is 24.7 Å². The third-order valence-corrected chi connectivity index (χ3v) is 8.15. The molecule has 0 spiro atoms. The highest BCUT2D eigenvalue weighted by molar-refractivity contribution is 8.00. The van der Waals surface area contributed by atoms with Crippen LogP contribution in [-0.4, -0.2) is 78.0 Å². The van der Waals surface area contributed by atoms with Crippen molar-refractivity contribution in [3.63, 3.8) is 0 Å². The third-order valence-electron chi connectivity index (χ3n) is 6.32. The number of hydrogen-bond acceptors (Lipinski definition) is 4. The van der Waals surface area contributed by atoms with Gasteiger partial charge in [-0.25, -0.2) is 8.61 Å². The minimum Gasteiger partial charge on any atom is -0.494 e. The number of ether oxygens (including phenoxy) is 1. The van der Waals surface area contributed by atoms with Gasteiger partial charge in [-0.15, -0.1) is 0 Å². The first-order valence-electron chi connectivity index (χ1n) is 13.7. The van der Waals surface area contributed by atoms with Crippen molar-refractivity contribution in [2.45, 2.75) is 65.3 Å². The molecule has 2 aliphatic heterocycles. The van der Waals surface area contributed by atoms with E-state index in [1.165, 1.54) is 0 Å². The molecule has 2 unspecified atom stereocenters. The van der Waals surface area contributed by atoms with E-state index in [2.05, 4.69) is 65.0 Å². The normalized spacial score (nSPS) is 15.5. The minimum absolute atomic E-state index is 0.00416. The van der Waals surface area contributed by atoms with Gasteiger partial charge in [0.25, 0.3) is 0 Å². The average Bonchev–Trinajstić information content (AvgIpc) is 3.04. The summed E-state index contributed by atoms with van der Waals surface area (Å²) in [6.07, 6.45) is 15.8. The van der Waals surface area contributed by atoms with Crippen molar-refractivity contribution < 1.29 is 14.1 Å². The number of hydrogen-bond donors (Lipinski definition) is 4. The quantitative estimate of drug-likeness (QED) is 0.0929. The Balaban J connectivity index is 2.60. The van der Waals surface area contributed by atoms with Crippen LogP contribution >= 0.6 is 0 Å². The van der Waals surface area contributed by atoms with E-state index in [4.69, 9.17) is 4.74 Å². The molecule has 2 aliphatic rings. The average molecular weight is 561 g/mol. The van der Waals surface area contributed by atoms with Crippen molar-refractivity contribution in [1.29, 1.82) is 0 Å². The van der Waals surface area contributed by atoms with Crippen LogP contribution in [0.3, 0.4) is 0 Å². The summed E-state index contributed by atoms with van der Waals surface area (Å²) in [6.45, 7) is 10.8. The number of allylic oxidation sites excluding steroid dienone is 2. The maximum atomic E-state index is 13.9. The fourth-order valence-corrected chi connectivity index (χ4v) is 5.36. The Hall–Kier alpha value is -3.11. The van der Waals surface area contributed by atoms with Crippen LogP contribution in [0, 0.1) is 10.7 Å². The van der Waals surface area contributed by atoms with E-state index in [0.29, 0.717) is 35.2 Å². The Bertz CT molecular complexity index is 1490. The van der Waals surface area contributed by atoms with E-state index in [1.54, 1.807) is 30.7 Å². The molecule has 0 amide bonds. The van der Waals surface area contributed by atoms with E-state index in [1.807, 2.05) is 24.7 Å². The molecule has 0 bridgehead atoms. The summed E-state index contributed by atoms with van der Waals surface area (Å²) >= 11 is 0. The molecular formula is C29H48N6O3S. The number of nitrogens with one attached hydrogen (secondary N) is 3. The lowest BCUT2D eigenvalue weighted by Gasteiger charge is -2.22. The smallest absolute Gasteiger partial charge is 0.191 e. The lowest BCUT2D eigenvalue weighted by Crippen LogP contribution is -2.28. The molecule has 4 N–H and O–H groups in total. The van der Waals surface area contributed by atoms with Gasteiger partial charge in [0.05, 0.1) is 32.4 Å². The van der Waals surface area contributed by atoms with Gasteiger partial charge in [0.1, 0.15) is 11.2 Å². The molecule has 2 rings (SSSR count). The predicted octanol–water partition coefficient (Wildman–Crippen LogP) is 3.61. The number of aromatic amines is 3. The van der Waals surface area contributed by atoms with E-state index >= 15 is 0 Å². The van der Waals surface area contributed by atoms with E-state index < -0.39 is 9.71 Å². The van der Waals surface area contributed by atoms with Crippen LogP contribution in [0.4, 0.5) is 0 Å². The summed E-state index contributed by atoms with van der Waals surface area (Å²) in [5.74, 6) is 0.511. The molecule has 2 atom stereocenters. The Morgan fingerprint density at radius 1 is 1.23 bits per heavy atom. The van der Waals surface area contributed by atoms with Crippen LogP contribution in [0.1, 0.15) is 59.3 Å². The molecule has 0 aliphatic carbocycles. The fraction of sp³-hybridized carbons (Fsp3) is 0.517. The summed E-state index contributed by atoms with van der Waals surface area (Å²) in [6, 6.07) is 2.01. The van der Waals surface area contributed by atoms with Crippen LogP contribution < -0.4 is 10.8 Å². The highest BCUT2D eigenvalue weighted by atomic mass is 32.2. The summed E-state index contributed by atoms with van der Waals surface area (Å²) < 4.78 is 25.9. The lowest BCUT2D eigenvalue weighted by molar-refractivity contribution is 0.226. The molecule has 0 aromatic carbocycles. The first kappa shape index (κ1) is 32.1. The van der Waals surface area contributed by atoms with Crippen LogP contribution in [0.5, 0.6) is 5.88 Å². The zero-order chi connectivity index (χ0) is 29.0. The largest absolute Gasteiger partial charge is 0.494 e. The standard InChI is InChI=1S/C29H48N6O3S/c1-9-12-23(34(5)6)18-19-30-39(8,37)24(15-14-22(4)38-20-11-3)16-17-27-31-28(36)21-26-29(32-27)25(13-10-2)33-35(26)7/h13-15,17,19,21,23,31-33,36H,4,9-12,16,18,20H2,1-3,5-8H3/b15-14-,25-13-,27-17-,30-19?. The summed E-state index contributed by atoms with van der Waals surface area (Å²) in [4.78, 5) is 9.19. The second kappa shape index (κ2) is 15.5. The van der Waals surface area contributed by atoms with E-state index in [-0.39, 0.29) is 5.88 Å². The Morgan fingerprint density at radius 3 is 2.62 bits per heavy atom. The molecule has 2 heterocycles. The molecule has 39 heavy (non-hydrogen) atoms. The van der Waals surface area contributed by atoms with Crippen molar-refractivity contribution in [3.05, 3.63) is 52.1 Å². The highest BCUT2D eigenvalue weighted by Crippen LogP contribution is 2.09. The van der Waals surface area contributed by atoms with Crippen LogP contribution in [0.2, 0.25) is 0 Å². The topological polar surface area (TPSA) is 114 Å². The summed E-state index contributed by atoms with van der Waals surface area (Å²) in [5, 5.41) is 16.4. The fourth-order valence-electron chi connectivity index (χ4n) is 4.14. The van der Waals surface area contributed by atoms with Gasteiger partial charge in [-0.1, -0.05) is 39.8 Å². The molecular weight excluding hydrogens is 512 g/mol. The highest BCUT2D eigenvalue weighted by Gasteiger charge is 2.10. The van der Waals surface area contributed by atoms with Crippen LogP contribution in [-0.2, 0) is 21.5 Å². The zero-order valence-corrected chi connectivity index (χ0v) is 25.5. The first-order valence-corrected chi connectivity index (χ1v) is 15.6. The molecule has 9 nitrogen and oxygen atoms in total. The van der Waals surface area contributed by atoms with Gasteiger partial charge in [-0.2, -0.15) is 0 Å². The van der Waals surface area contributed by atoms with Gasteiger partial charge >= 0.3 is 0 Å². The summed E-state index contributed by atoms with van der Waals surface area (Å²) in [5.41, 5.74) is 0.578. The third kappa shape index (κ3) is 9.85. The SMILES string of the molecule is C=C(/C=C\C(C/C=c1/[nH]c(O)cc2n(C)[nH]/c(=C\CC)c=2[nH]1)=S(C)(=O)N=CCC(CCC)N(C)C)OCCC. The molecule has 0 radical (unpaired) electrons. The molecule has 0 aromatic rings. The Labute approximate surface area is 233 Å². The molecule has 0 aromatic heterocycles. The summed E-state index contributed by atoms with van der Waals surface area (Å²) in [7, 11) is 3.27. The monoisotopic (exact) mass is 560 g/mol.